The van der Waals surface area contributed by atoms with Gasteiger partial charge in [0.05, 0.1) is 27.1 Å². The SMILES string of the molecule is CCOC(=O)c1c(NC(=O)c2sc3cc(Cl)cc(Cl)c3c2Cl)sc(C(C)=O)c1C. The van der Waals surface area contributed by atoms with Gasteiger partial charge in [0, 0.05) is 15.1 Å². The molecule has 0 aliphatic rings. The third kappa shape index (κ3) is 4.15. The molecule has 0 saturated carbocycles. The van der Waals surface area contributed by atoms with Gasteiger partial charge in [0.25, 0.3) is 5.91 Å². The van der Waals surface area contributed by atoms with Gasteiger partial charge in [0.1, 0.15) is 9.88 Å². The molecule has 0 fully saturated rings. The number of hydrogen-bond acceptors (Lipinski definition) is 6. The number of carbonyl (C=O) groups excluding carboxylic acids is 3. The van der Waals surface area contributed by atoms with E-state index in [-0.39, 0.29) is 32.9 Å². The van der Waals surface area contributed by atoms with E-state index in [1.54, 1.807) is 26.0 Å². The Bertz CT molecular complexity index is 1170. The molecular weight excluding hydrogens is 477 g/mol. The Labute approximate surface area is 189 Å². The zero-order valence-corrected chi connectivity index (χ0v) is 19.3. The maximum absolute atomic E-state index is 12.9. The fraction of sp³-hybridized carbons (Fsp3) is 0.211. The van der Waals surface area contributed by atoms with Crippen LogP contribution in [-0.2, 0) is 4.74 Å². The summed E-state index contributed by atoms with van der Waals surface area (Å²) in [5, 5.41) is 4.42. The molecule has 0 aliphatic carbocycles. The second-order valence-electron chi connectivity index (χ2n) is 6.00. The Hall–Kier alpha value is -1.64. The quantitative estimate of drug-likeness (QED) is 0.313. The summed E-state index contributed by atoms with van der Waals surface area (Å²) in [6, 6.07) is 3.22. The summed E-state index contributed by atoms with van der Waals surface area (Å²) in [6.45, 7) is 4.88. The number of Topliss-reactive ketones (excluding diaryl/α,β-unsaturated/α-hetero) is 1. The van der Waals surface area contributed by atoms with Crippen molar-refractivity contribution >= 4 is 90.2 Å². The Balaban J connectivity index is 2.05. The summed E-state index contributed by atoms with van der Waals surface area (Å²) < 4.78 is 5.74. The fourth-order valence-electron chi connectivity index (χ4n) is 2.80. The van der Waals surface area contributed by atoms with Gasteiger partial charge in [0.15, 0.2) is 5.78 Å². The van der Waals surface area contributed by atoms with Crippen molar-refractivity contribution in [2.24, 2.45) is 0 Å². The van der Waals surface area contributed by atoms with Gasteiger partial charge in [-0.1, -0.05) is 34.8 Å². The number of benzene rings is 1. The van der Waals surface area contributed by atoms with Crippen LogP contribution in [0.3, 0.4) is 0 Å². The summed E-state index contributed by atoms with van der Waals surface area (Å²) >= 11 is 20.8. The first-order valence-electron chi connectivity index (χ1n) is 8.35. The van der Waals surface area contributed by atoms with E-state index in [1.807, 2.05) is 0 Å². The number of esters is 1. The predicted molar refractivity (Wildman–Crippen MR) is 120 cm³/mol. The molecule has 3 aromatic rings. The van der Waals surface area contributed by atoms with Gasteiger partial charge >= 0.3 is 5.97 Å². The summed E-state index contributed by atoms with van der Waals surface area (Å²) in [5.74, 6) is -1.34. The molecule has 0 atom stereocenters. The van der Waals surface area contributed by atoms with Crippen LogP contribution in [0.1, 0.15) is 49.1 Å². The lowest BCUT2D eigenvalue weighted by Crippen LogP contribution is -2.14. The second kappa shape index (κ2) is 8.62. The van der Waals surface area contributed by atoms with E-state index in [9.17, 15) is 14.4 Å². The zero-order chi connectivity index (χ0) is 21.5. The number of carbonyl (C=O) groups is 3. The summed E-state index contributed by atoms with van der Waals surface area (Å²) in [7, 11) is 0. The van der Waals surface area contributed by atoms with E-state index in [0.29, 0.717) is 30.6 Å². The first kappa shape index (κ1) is 22.1. The molecule has 0 aliphatic heterocycles. The molecule has 0 saturated heterocycles. The van der Waals surface area contributed by atoms with Crippen LogP contribution in [0.5, 0.6) is 0 Å². The molecule has 0 bridgehead atoms. The molecule has 1 amide bonds. The van der Waals surface area contributed by atoms with Crippen molar-refractivity contribution in [2.45, 2.75) is 20.8 Å². The number of ether oxygens (including phenoxy) is 1. The molecule has 2 aromatic heterocycles. The average molecular weight is 491 g/mol. The topological polar surface area (TPSA) is 72.5 Å². The van der Waals surface area contributed by atoms with E-state index in [4.69, 9.17) is 39.5 Å². The number of hydrogen-bond donors (Lipinski definition) is 1. The Morgan fingerprint density at radius 2 is 1.79 bits per heavy atom. The number of ketones is 1. The van der Waals surface area contributed by atoms with Crippen molar-refractivity contribution in [3.05, 3.63) is 48.1 Å². The van der Waals surface area contributed by atoms with Crippen molar-refractivity contribution in [2.75, 3.05) is 11.9 Å². The molecule has 0 unspecified atom stereocenters. The van der Waals surface area contributed by atoms with Gasteiger partial charge in [-0.25, -0.2) is 4.79 Å². The molecule has 0 radical (unpaired) electrons. The van der Waals surface area contributed by atoms with Crippen LogP contribution in [0.2, 0.25) is 15.1 Å². The maximum atomic E-state index is 12.9. The van der Waals surface area contributed by atoms with E-state index >= 15 is 0 Å². The Kier molecular flexibility index (Phi) is 6.55. The minimum atomic E-state index is -0.610. The summed E-state index contributed by atoms with van der Waals surface area (Å²) in [5.41, 5.74) is 0.627. The highest BCUT2D eigenvalue weighted by Gasteiger charge is 2.27. The number of fused-ring (bicyclic) bond motifs is 1. The molecule has 5 nitrogen and oxygen atoms in total. The molecule has 152 valence electrons. The molecule has 3 rings (SSSR count). The standard InChI is InChI=1S/C19H14Cl3NO4S2/c1-4-27-19(26)12-7(2)15(8(3)24)29-18(12)23-17(25)16-14(22)13-10(21)5-9(20)6-11(13)28-16/h5-6H,4H2,1-3H3,(H,23,25). The molecule has 29 heavy (non-hydrogen) atoms. The highest BCUT2D eigenvalue weighted by atomic mass is 35.5. The first-order valence-corrected chi connectivity index (χ1v) is 11.1. The van der Waals surface area contributed by atoms with E-state index < -0.39 is 11.9 Å². The lowest BCUT2D eigenvalue weighted by Gasteiger charge is -2.06. The highest BCUT2D eigenvalue weighted by molar-refractivity contribution is 7.22. The minimum absolute atomic E-state index is 0.161. The summed E-state index contributed by atoms with van der Waals surface area (Å²) in [6.07, 6.45) is 0. The second-order valence-corrected chi connectivity index (χ2v) is 9.29. The monoisotopic (exact) mass is 489 g/mol. The van der Waals surface area contributed by atoms with E-state index in [2.05, 4.69) is 5.32 Å². The van der Waals surface area contributed by atoms with Crippen LogP contribution in [0.15, 0.2) is 12.1 Å². The zero-order valence-electron chi connectivity index (χ0n) is 15.4. The Morgan fingerprint density at radius 3 is 2.41 bits per heavy atom. The van der Waals surface area contributed by atoms with E-state index in [0.717, 1.165) is 22.7 Å². The van der Waals surface area contributed by atoms with Crippen LogP contribution in [0, 0.1) is 6.92 Å². The molecule has 10 heteroatoms. The Morgan fingerprint density at radius 1 is 1.10 bits per heavy atom. The molecule has 1 N–H and O–H groups in total. The van der Waals surface area contributed by atoms with Gasteiger partial charge in [-0.15, -0.1) is 22.7 Å². The van der Waals surface area contributed by atoms with Gasteiger partial charge < -0.3 is 10.1 Å². The van der Waals surface area contributed by atoms with Crippen molar-refractivity contribution < 1.29 is 19.1 Å². The molecule has 1 aromatic carbocycles. The highest BCUT2D eigenvalue weighted by Crippen LogP contribution is 2.42. The van der Waals surface area contributed by atoms with Crippen LogP contribution in [0.4, 0.5) is 5.00 Å². The lowest BCUT2D eigenvalue weighted by atomic mass is 10.1. The third-order valence-electron chi connectivity index (χ3n) is 4.03. The largest absolute Gasteiger partial charge is 0.462 e. The number of nitrogens with one attached hydrogen (secondary N) is 1. The predicted octanol–water partition coefficient (Wildman–Crippen LogP) is 6.86. The normalized spacial score (nSPS) is 11.0. The first-order chi connectivity index (χ1) is 13.6. The number of anilines is 1. The van der Waals surface area contributed by atoms with Crippen molar-refractivity contribution in [1.82, 2.24) is 0 Å². The molecule has 0 spiro atoms. The molecule has 2 heterocycles. The van der Waals surface area contributed by atoms with E-state index in [1.165, 1.54) is 6.92 Å². The average Bonchev–Trinajstić information content (AvgIpc) is 3.12. The maximum Gasteiger partial charge on any atom is 0.341 e. The molecular formula is C19H14Cl3NO4S2. The van der Waals surface area contributed by atoms with Crippen LogP contribution in [-0.4, -0.2) is 24.3 Å². The van der Waals surface area contributed by atoms with Crippen LogP contribution in [0.25, 0.3) is 10.1 Å². The smallest absolute Gasteiger partial charge is 0.341 e. The van der Waals surface area contributed by atoms with Crippen molar-refractivity contribution in [3.63, 3.8) is 0 Å². The van der Waals surface area contributed by atoms with Gasteiger partial charge in [-0.3, -0.25) is 9.59 Å². The number of thiophene rings is 2. The van der Waals surface area contributed by atoms with Gasteiger partial charge in [-0.05, 0) is 38.5 Å². The number of halogens is 3. The lowest BCUT2D eigenvalue weighted by molar-refractivity contribution is 0.0527. The van der Waals surface area contributed by atoms with Crippen LogP contribution >= 0.6 is 57.5 Å². The minimum Gasteiger partial charge on any atom is -0.462 e. The number of rotatable bonds is 5. The van der Waals surface area contributed by atoms with Crippen molar-refractivity contribution in [3.8, 4) is 0 Å². The summed E-state index contributed by atoms with van der Waals surface area (Å²) in [4.78, 5) is 37.8. The fourth-order valence-corrected chi connectivity index (χ4v) is 6.16. The van der Waals surface area contributed by atoms with Gasteiger partial charge in [0.2, 0.25) is 0 Å². The third-order valence-corrected chi connectivity index (χ3v) is 7.48. The van der Waals surface area contributed by atoms with Crippen molar-refractivity contribution in [1.29, 1.82) is 0 Å². The van der Waals surface area contributed by atoms with Crippen LogP contribution < -0.4 is 5.32 Å². The number of amides is 1. The van der Waals surface area contributed by atoms with Gasteiger partial charge in [-0.2, -0.15) is 0 Å².